The Hall–Kier alpha value is -1.07. The van der Waals surface area contributed by atoms with Crippen molar-refractivity contribution in [3.05, 3.63) is 35.4 Å². The molecular formula is C18H29F3IN5. The number of hydrogen-bond acceptors (Lipinski definition) is 3. The van der Waals surface area contributed by atoms with E-state index in [9.17, 15) is 13.2 Å². The van der Waals surface area contributed by atoms with Crippen LogP contribution in [0.2, 0.25) is 0 Å². The number of guanidine groups is 1. The van der Waals surface area contributed by atoms with Gasteiger partial charge in [-0.15, -0.1) is 24.0 Å². The highest BCUT2D eigenvalue weighted by Gasteiger charge is 2.29. The topological polar surface area (TPSA) is 42.9 Å². The Morgan fingerprint density at radius 2 is 1.63 bits per heavy atom. The van der Waals surface area contributed by atoms with Crippen molar-refractivity contribution in [2.45, 2.75) is 19.6 Å². The second-order valence-electron chi connectivity index (χ2n) is 6.32. The number of rotatable bonds is 6. The summed E-state index contributed by atoms with van der Waals surface area (Å²) >= 11 is 0. The SMILES string of the molecule is CCN1CCN(CCNC(=NC)NCc2ccc(C(F)(F)F)cc2)CC1.I. The van der Waals surface area contributed by atoms with E-state index < -0.39 is 11.7 Å². The summed E-state index contributed by atoms with van der Waals surface area (Å²) in [6.45, 7) is 9.80. The van der Waals surface area contributed by atoms with Gasteiger partial charge in [0.15, 0.2) is 5.96 Å². The molecule has 1 fully saturated rings. The largest absolute Gasteiger partial charge is 0.416 e. The summed E-state index contributed by atoms with van der Waals surface area (Å²) in [5.74, 6) is 0.650. The van der Waals surface area contributed by atoms with E-state index in [0.29, 0.717) is 12.5 Å². The molecule has 0 spiro atoms. The molecule has 0 amide bonds. The summed E-state index contributed by atoms with van der Waals surface area (Å²) in [7, 11) is 1.68. The summed E-state index contributed by atoms with van der Waals surface area (Å²) < 4.78 is 37.7. The fourth-order valence-electron chi connectivity index (χ4n) is 2.88. The van der Waals surface area contributed by atoms with Gasteiger partial charge in [-0.05, 0) is 24.2 Å². The van der Waals surface area contributed by atoms with Crippen molar-refractivity contribution in [2.24, 2.45) is 4.99 Å². The molecule has 1 aliphatic heterocycles. The van der Waals surface area contributed by atoms with Crippen LogP contribution in [0.25, 0.3) is 0 Å². The number of aliphatic imine (C=N–C) groups is 1. The predicted octanol–water partition coefficient (Wildman–Crippen LogP) is 2.63. The van der Waals surface area contributed by atoms with Crippen LogP contribution in [0.15, 0.2) is 29.3 Å². The van der Waals surface area contributed by atoms with Gasteiger partial charge >= 0.3 is 6.18 Å². The molecule has 2 rings (SSSR count). The minimum absolute atomic E-state index is 0. The lowest BCUT2D eigenvalue weighted by Crippen LogP contribution is -2.49. The number of halogens is 4. The first-order valence-corrected chi connectivity index (χ1v) is 8.97. The molecule has 9 heteroatoms. The second kappa shape index (κ2) is 11.7. The lowest BCUT2D eigenvalue weighted by molar-refractivity contribution is -0.137. The van der Waals surface area contributed by atoms with Gasteiger partial charge in [-0.2, -0.15) is 13.2 Å². The van der Waals surface area contributed by atoms with Crippen LogP contribution in [0.1, 0.15) is 18.1 Å². The van der Waals surface area contributed by atoms with Crippen molar-refractivity contribution in [1.29, 1.82) is 0 Å². The van der Waals surface area contributed by atoms with Crippen molar-refractivity contribution in [3.63, 3.8) is 0 Å². The molecule has 0 saturated carbocycles. The van der Waals surface area contributed by atoms with Crippen LogP contribution in [-0.2, 0) is 12.7 Å². The highest BCUT2D eigenvalue weighted by atomic mass is 127. The zero-order valence-electron chi connectivity index (χ0n) is 15.9. The lowest BCUT2D eigenvalue weighted by Gasteiger charge is -2.34. The Bertz CT molecular complexity index is 569. The Balaban J connectivity index is 0.00000364. The van der Waals surface area contributed by atoms with Crippen LogP contribution < -0.4 is 10.6 Å². The molecule has 0 aromatic heterocycles. The molecule has 27 heavy (non-hydrogen) atoms. The lowest BCUT2D eigenvalue weighted by atomic mass is 10.1. The maximum atomic E-state index is 12.6. The van der Waals surface area contributed by atoms with Gasteiger partial charge in [-0.3, -0.25) is 9.89 Å². The third kappa shape index (κ3) is 8.22. The number of nitrogens with one attached hydrogen (secondary N) is 2. The van der Waals surface area contributed by atoms with E-state index in [1.54, 1.807) is 7.05 Å². The number of hydrogen-bond donors (Lipinski definition) is 2. The molecular weight excluding hydrogens is 470 g/mol. The zero-order valence-corrected chi connectivity index (χ0v) is 18.2. The molecule has 1 aliphatic rings. The van der Waals surface area contributed by atoms with Gasteiger partial charge in [0.25, 0.3) is 0 Å². The molecule has 0 aliphatic carbocycles. The fraction of sp³-hybridized carbons (Fsp3) is 0.611. The van der Waals surface area contributed by atoms with E-state index in [2.05, 4.69) is 32.3 Å². The number of benzene rings is 1. The van der Waals surface area contributed by atoms with E-state index in [1.807, 2.05) is 0 Å². The molecule has 2 N–H and O–H groups in total. The van der Waals surface area contributed by atoms with Crippen molar-refractivity contribution in [2.75, 3.05) is 52.9 Å². The second-order valence-corrected chi connectivity index (χ2v) is 6.32. The first-order valence-electron chi connectivity index (χ1n) is 8.97. The smallest absolute Gasteiger partial charge is 0.355 e. The van der Waals surface area contributed by atoms with Crippen molar-refractivity contribution in [1.82, 2.24) is 20.4 Å². The maximum Gasteiger partial charge on any atom is 0.416 e. The summed E-state index contributed by atoms with van der Waals surface area (Å²) in [5, 5.41) is 6.38. The van der Waals surface area contributed by atoms with Crippen LogP contribution in [0.5, 0.6) is 0 Å². The van der Waals surface area contributed by atoms with Gasteiger partial charge in [-0.25, -0.2) is 0 Å². The van der Waals surface area contributed by atoms with E-state index in [1.165, 1.54) is 12.1 Å². The van der Waals surface area contributed by atoms with Crippen LogP contribution in [0, 0.1) is 0 Å². The van der Waals surface area contributed by atoms with Gasteiger partial charge in [-0.1, -0.05) is 19.1 Å². The van der Waals surface area contributed by atoms with Crippen molar-refractivity contribution in [3.8, 4) is 0 Å². The summed E-state index contributed by atoms with van der Waals surface area (Å²) in [5.41, 5.74) is 0.142. The minimum atomic E-state index is -4.30. The van der Waals surface area contributed by atoms with Gasteiger partial charge in [0.1, 0.15) is 0 Å². The van der Waals surface area contributed by atoms with E-state index in [4.69, 9.17) is 0 Å². The highest BCUT2D eigenvalue weighted by molar-refractivity contribution is 14.0. The molecule has 0 atom stereocenters. The monoisotopic (exact) mass is 499 g/mol. The maximum absolute atomic E-state index is 12.6. The first kappa shape index (κ1) is 24.0. The molecule has 1 heterocycles. The van der Waals surface area contributed by atoms with E-state index in [-0.39, 0.29) is 24.0 Å². The highest BCUT2D eigenvalue weighted by Crippen LogP contribution is 2.28. The normalized spacial score (nSPS) is 16.7. The van der Waals surface area contributed by atoms with Crippen LogP contribution >= 0.6 is 24.0 Å². The van der Waals surface area contributed by atoms with Gasteiger partial charge < -0.3 is 15.5 Å². The molecule has 0 bridgehead atoms. The van der Waals surface area contributed by atoms with Crippen LogP contribution in [0.4, 0.5) is 13.2 Å². The van der Waals surface area contributed by atoms with Gasteiger partial charge in [0, 0.05) is 52.9 Å². The summed E-state index contributed by atoms with van der Waals surface area (Å²) in [6.07, 6.45) is -4.30. The first-order chi connectivity index (χ1) is 12.4. The molecule has 1 aromatic carbocycles. The number of alkyl halides is 3. The molecule has 1 aromatic rings. The fourth-order valence-corrected chi connectivity index (χ4v) is 2.88. The van der Waals surface area contributed by atoms with E-state index >= 15 is 0 Å². The Morgan fingerprint density at radius 1 is 1.04 bits per heavy atom. The van der Waals surface area contributed by atoms with Crippen LogP contribution in [0.3, 0.4) is 0 Å². The van der Waals surface area contributed by atoms with Crippen LogP contribution in [-0.4, -0.2) is 68.6 Å². The summed E-state index contributed by atoms with van der Waals surface area (Å²) in [4.78, 5) is 9.01. The number of likely N-dealkylation sites (N-methyl/N-ethyl adjacent to an activating group) is 1. The minimum Gasteiger partial charge on any atom is -0.355 e. The third-order valence-corrected chi connectivity index (χ3v) is 4.60. The number of piperazine rings is 1. The van der Waals surface area contributed by atoms with Gasteiger partial charge in [0.2, 0.25) is 0 Å². The predicted molar refractivity (Wildman–Crippen MR) is 114 cm³/mol. The average Bonchev–Trinajstić information content (AvgIpc) is 2.64. The van der Waals surface area contributed by atoms with Crippen molar-refractivity contribution < 1.29 is 13.2 Å². The number of nitrogens with zero attached hydrogens (tertiary/aromatic N) is 3. The molecule has 1 saturated heterocycles. The van der Waals surface area contributed by atoms with Crippen molar-refractivity contribution >= 4 is 29.9 Å². The Labute approximate surface area is 176 Å². The zero-order chi connectivity index (χ0) is 19.0. The summed E-state index contributed by atoms with van der Waals surface area (Å²) in [6, 6.07) is 5.17. The van der Waals surface area contributed by atoms with Gasteiger partial charge in [0.05, 0.1) is 5.56 Å². The Kier molecular flexibility index (Phi) is 10.4. The molecule has 0 radical (unpaired) electrons. The third-order valence-electron chi connectivity index (χ3n) is 4.60. The molecule has 154 valence electrons. The molecule has 0 unspecified atom stereocenters. The quantitative estimate of drug-likeness (QED) is 0.359. The van der Waals surface area contributed by atoms with E-state index in [0.717, 1.165) is 63.5 Å². The average molecular weight is 499 g/mol. The molecule has 5 nitrogen and oxygen atoms in total. The Morgan fingerprint density at radius 3 is 2.15 bits per heavy atom. The standard InChI is InChI=1S/C18H28F3N5.HI/c1-3-25-10-12-26(13-11-25)9-8-23-17(22-2)24-14-15-4-6-16(7-5-15)18(19,20)21;/h4-7H,3,8-14H2,1-2H3,(H2,22,23,24);1H.